The van der Waals surface area contributed by atoms with Crippen molar-refractivity contribution >= 4 is 17.4 Å². The molecule has 1 fully saturated rings. The van der Waals surface area contributed by atoms with Crippen LogP contribution in [0.25, 0.3) is 0 Å². The third-order valence-corrected chi connectivity index (χ3v) is 5.68. The van der Waals surface area contributed by atoms with Crippen LogP contribution in [0.15, 0.2) is 24.7 Å². The Kier molecular flexibility index (Phi) is 5.50. The standard InChI is InChI=1S/C17H25N5OS/c1-12(16-18-11-13(2)24-16)10-19-17(23)21-14-6-3-4-7-15(14)22-9-5-8-20-22/h5,8-9,11-12,14-15H,3-4,6-7,10H2,1-2H3,(H2,19,21,23)/t12-,14+,15+/m1/s1. The Morgan fingerprint density at radius 2 is 2.29 bits per heavy atom. The molecule has 1 aliphatic carbocycles. The van der Waals surface area contributed by atoms with Gasteiger partial charge in [-0.25, -0.2) is 9.78 Å². The van der Waals surface area contributed by atoms with Gasteiger partial charge < -0.3 is 10.6 Å². The minimum atomic E-state index is -0.0980. The second kappa shape index (κ2) is 7.79. The first-order chi connectivity index (χ1) is 11.6. The molecule has 0 aromatic carbocycles. The normalized spacial score (nSPS) is 22.1. The number of carbonyl (C=O) groups is 1. The molecule has 2 aromatic rings. The third kappa shape index (κ3) is 4.14. The van der Waals surface area contributed by atoms with Crippen LogP contribution in [0.1, 0.15) is 54.5 Å². The maximum atomic E-state index is 12.3. The Balaban J connectivity index is 1.51. The van der Waals surface area contributed by atoms with E-state index in [1.807, 2.05) is 30.1 Å². The van der Waals surface area contributed by atoms with Gasteiger partial charge in [-0.05, 0) is 25.8 Å². The number of nitrogens with one attached hydrogen (secondary N) is 2. The van der Waals surface area contributed by atoms with Crippen molar-refractivity contribution in [2.75, 3.05) is 6.54 Å². The number of urea groups is 1. The number of thiazole rings is 1. The van der Waals surface area contributed by atoms with Crippen LogP contribution in [0, 0.1) is 6.92 Å². The molecule has 2 N–H and O–H groups in total. The molecular formula is C17H25N5OS. The summed E-state index contributed by atoms with van der Waals surface area (Å²) in [7, 11) is 0. The zero-order valence-corrected chi connectivity index (χ0v) is 15.1. The van der Waals surface area contributed by atoms with Gasteiger partial charge in [-0.2, -0.15) is 5.10 Å². The van der Waals surface area contributed by atoms with E-state index in [0.29, 0.717) is 6.54 Å². The number of aryl methyl sites for hydroxylation is 1. The summed E-state index contributed by atoms with van der Waals surface area (Å²) in [6.07, 6.45) is 10.1. The van der Waals surface area contributed by atoms with Gasteiger partial charge in [0.25, 0.3) is 0 Å². The summed E-state index contributed by atoms with van der Waals surface area (Å²) in [5.41, 5.74) is 0. The largest absolute Gasteiger partial charge is 0.337 e. The third-order valence-electron chi connectivity index (χ3n) is 4.54. The van der Waals surface area contributed by atoms with Crippen LogP contribution in [-0.2, 0) is 0 Å². The van der Waals surface area contributed by atoms with Crippen LogP contribution in [0.3, 0.4) is 0 Å². The Labute approximate surface area is 146 Å². The summed E-state index contributed by atoms with van der Waals surface area (Å²) in [5.74, 6) is 0.225. The van der Waals surface area contributed by atoms with Crippen LogP contribution in [0.2, 0.25) is 0 Å². The zero-order chi connectivity index (χ0) is 16.9. The van der Waals surface area contributed by atoms with E-state index < -0.39 is 0 Å². The van der Waals surface area contributed by atoms with Gasteiger partial charge in [-0.1, -0.05) is 19.8 Å². The minimum absolute atomic E-state index is 0.0980. The molecule has 1 saturated carbocycles. The van der Waals surface area contributed by atoms with Crippen molar-refractivity contribution in [2.24, 2.45) is 0 Å². The van der Waals surface area contributed by atoms with Gasteiger partial charge in [0.1, 0.15) is 0 Å². The van der Waals surface area contributed by atoms with Gasteiger partial charge in [0, 0.05) is 35.9 Å². The molecule has 0 radical (unpaired) electrons. The Morgan fingerprint density at radius 1 is 1.46 bits per heavy atom. The second-order valence-electron chi connectivity index (χ2n) is 6.51. The van der Waals surface area contributed by atoms with Crippen molar-refractivity contribution in [1.29, 1.82) is 0 Å². The molecule has 6 nitrogen and oxygen atoms in total. The molecule has 2 amide bonds. The molecule has 130 valence electrons. The lowest BCUT2D eigenvalue weighted by molar-refractivity contribution is 0.213. The van der Waals surface area contributed by atoms with E-state index in [0.717, 1.165) is 24.3 Å². The van der Waals surface area contributed by atoms with Gasteiger partial charge in [0.05, 0.1) is 17.1 Å². The molecular weight excluding hydrogens is 322 g/mol. The fourth-order valence-electron chi connectivity index (χ4n) is 3.23. The molecule has 0 spiro atoms. The van der Waals surface area contributed by atoms with E-state index >= 15 is 0 Å². The number of nitrogens with zero attached hydrogens (tertiary/aromatic N) is 3. The highest BCUT2D eigenvalue weighted by atomic mass is 32.1. The molecule has 2 heterocycles. The smallest absolute Gasteiger partial charge is 0.315 e. The predicted molar refractivity (Wildman–Crippen MR) is 95.3 cm³/mol. The van der Waals surface area contributed by atoms with E-state index in [1.165, 1.54) is 11.3 Å². The van der Waals surface area contributed by atoms with Crippen molar-refractivity contribution in [3.63, 3.8) is 0 Å². The minimum Gasteiger partial charge on any atom is -0.337 e. The van der Waals surface area contributed by atoms with Crippen LogP contribution >= 0.6 is 11.3 Å². The maximum absolute atomic E-state index is 12.3. The van der Waals surface area contributed by atoms with Gasteiger partial charge in [0.15, 0.2) is 0 Å². The molecule has 3 rings (SSSR count). The lowest BCUT2D eigenvalue weighted by Gasteiger charge is -2.32. The Bertz CT molecular complexity index is 654. The first kappa shape index (κ1) is 17.0. The van der Waals surface area contributed by atoms with Crippen LogP contribution in [0.4, 0.5) is 4.79 Å². The summed E-state index contributed by atoms with van der Waals surface area (Å²) >= 11 is 1.69. The van der Waals surface area contributed by atoms with Crippen molar-refractivity contribution in [3.05, 3.63) is 34.5 Å². The molecule has 0 aliphatic heterocycles. The summed E-state index contributed by atoms with van der Waals surface area (Å²) in [5, 5.41) is 11.6. The van der Waals surface area contributed by atoms with Gasteiger partial charge in [0.2, 0.25) is 0 Å². The quantitative estimate of drug-likeness (QED) is 0.872. The number of rotatable bonds is 5. The molecule has 0 unspecified atom stereocenters. The number of carbonyl (C=O) groups excluding carboxylic acids is 1. The van der Waals surface area contributed by atoms with Gasteiger partial charge >= 0.3 is 6.03 Å². The number of hydrogen-bond donors (Lipinski definition) is 2. The van der Waals surface area contributed by atoms with Gasteiger partial charge in [-0.15, -0.1) is 11.3 Å². The lowest BCUT2D eigenvalue weighted by Crippen LogP contribution is -2.48. The summed E-state index contributed by atoms with van der Waals surface area (Å²) in [4.78, 5) is 17.9. The molecule has 1 aliphatic rings. The second-order valence-corrected chi connectivity index (χ2v) is 7.78. The average molecular weight is 347 g/mol. The Hall–Kier alpha value is -1.89. The fourth-order valence-corrected chi connectivity index (χ4v) is 4.05. The van der Waals surface area contributed by atoms with E-state index in [9.17, 15) is 4.79 Å². The van der Waals surface area contributed by atoms with E-state index in [1.54, 1.807) is 17.5 Å². The topological polar surface area (TPSA) is 71.8 Å². The van der Waals surface area contributed by atoms with Crippen LogP contribution in [0.5, 0.6) is 0 Å². The van der Waals surface area contributed by atoms with E-state index in [2.05, 4.69) is 27.6 Å². The lowest BCUT2D eigenvalue weighted by atomic mass is 9.90. The predicted octanol–water partition coefficient (Wildman–Crippen LogP) is 3.23. The van der Waals surface area contributed by atoms with Crippen LogP contribution in [-0.4, -0.2) is 33.4 Å². The molecule has 0 bridgehead atoms. The molecule has 0 saturated heterocycles. The number of amides is 2. The monoisotopic (exact) mass is 347 g/mol. The first-order valence-corrected chi connectivity index (χ1v) is 9.41. The molecule has 2 aromatic heterocycles. The van der Waals surface area contributed by atoms with Crippen LogP contribution < -0.4 is 10.6 Å². The molecule has 24 heavy (non-hydrogen) atoms. The van der Waals surface area contributed by atoms with E-state index in [-0.39, 0.29) is 24.0 Å². The molecule has 3 atom stereocenters. The summed E-state index contributed by atoms with van der Waals surface area (Å²) in [6.45, 7) is 4.73. The number of aromatic nitrogens is 3. The van der Waals surface area contributed by atoms with E-state index in [4.69, 9.17) is 0 Å². The van der Waals surface area contributed by atoms with Crippen molar-refractivity contribution in [2.45, 2.75) is 57.5 Å². The fraction of sp³-hybridized carbons (Fsp3) is 0.588. The van der Waals surface area contributed by atoms with Crippen molar-refractivity contribution in [1.82, 2.24) is 25.4 Å². The first-order valence-electron chi connectivity index (χ1n) is 8.59. The SMILES string of the molecule is Cc1cnc([C@H](C)CNC(=O)N[C@H]2CCCC[C@@H]2n2cccn2)s1. The summed E-state index contributed by atoms with van der Waals surface area (Å²) < 4.78 is 1.98. The van der Waals surface area contributed by atoms with Crippen molar-refractivity contribution < 1.29 is 4.79 Å². The maximum Gasteiger partial charge on any atom is 0.315 e. The molecule has 7 heteroatoms. The number of hydrogen-bond acceptors (Lipinski definition) is 4. The summed E-state index contributed by atoms with van der Waals surface area (Å²) in [6, 6.07) is 2.22. The highest BCUT2D eigenvalue weighted by Crippen LogP contribution is 2.28. The van der Waals surface area contributed by atoms with Gasteiger partial charge in [-0.3, -0.25) is 4.68 Å². The highest BCUT2D eigenvalue weighted by Gasteiger charge is 2.28. The van der Waals surface area contributed by atoms with Crippen molar-refractivity contribution in [3.8, 4) is 0 Å². The average Bonchev–Trinajstić information content (AvgIpc) is 3.25. The Morgan fingerprint density at radius 3 is 3.00 bits per heavy atom. The zero-order valence-electron chi connectivity index (χ0n) is 14.2. The highest BCUT2D eigenvalue weighted by molar-refractivity contribution is 7.11.